The van der Waals surface area contributed by atoms with Gasteiger partial charge in [0.25, 0.3) is 0 Å². The molecule has 1 N–H and O–H groups in total. The molecule has 0 heterocycles. The van der Waals surface area contributed by atoms with E-state index < -0.39 is 0 Å². The molecule has 0 aliphatic rings. The van der Waals surface area contributed by atoms with Gasteiger partial charge in [-0.25, -0.2) is 0 Å². The third kappa shape index (κ3) is 6.28. The summed E-state index contributed by atoms with van der Waals surface area (Å²) in [5.74, 6) is 0. The van der Waals surface area contributed by atoms with Crippen LogP contribution in [0.3, 0.4) is 0 Å². The van der Waals surface area contributed by atoms with Crippen molar-refractivity contribution in [3.05, 3.63) is 18.0 Å². The van der Waals surface area contributed by atoms with Gasteiger partial charge in [-0.2, -0.15) is 0 Å². The molecule has 0 aromatic carbocycles. The first-order valence-corrected chi connectivity index (χ1v) is 2.18. The van der Waals surface area contributed by atoms with E-state index in [0.29, 0.717) is 0 Å². The lowest BCUT2D eigenvalue weighted by atomic mass is 10.7. The predicted octanol–water partition coefficient (Wildman–Crippen LogP) is 1.50. The third-order valence-corrected chi connectivity index (χ3v) is 0.873. The minimum absolute atomic E-state index is 0. The molecule has 0 aliphatic carbocycles. The van der Waals surface area contributed by atoms with Crippen molar-refractivity contribution in [1.82, 2.24) is 0 Å². The summed E-state index contributed by atoms with van der Waals surface area (Å²) >= 11 is 10.1. The van der Waals surface area contributed by atoms with E-state index in [1.807, 2.05) is 0 Å². The predicted molar refractivity (Wildman–Crippen MR) is 31.2 cm³/mol. The van der Waals surface area contributed by atoms with E-state index in [-0.39, 0.29) is 19.1 Å². The molecule has 0 bridgehead atoms. The maximum Gasteiger partial charge on any atom is 0.0796 e. The Labute approximate surface area is 53.6 Å². The van der Waals surface area contributed by atoms with Crippen molar-refractivity contribution < 1.29 is 5.11 Å². The lowest BCUT2D eigenvalue weighted by Gasteiger charge is -1.79. The van der Waals surface area contributed by atoms with Crippen molar-refractivity contribution >= 4 is 23.2 Å². The molecule has 0 fully saturated rings. The maximum atomic E-state index is 8.05. The van der Waals surface area contributed by atoms with E-state index in [1.165, 1.54) is 0 Å². The summed E-state index contributed by atoms with van der Waals surface area (Å²) in [6.07, 6.45) is 0. The van der Waals surface area contributed by atoms with Crippen molar-refractivity contribution in [1.29, 1.82) is 0 Å². The smallest absolute Gasteiger partial charge is 0.0796 e. The standard InChI is InChI=1S/C3H4Cl2O.CH/c4-1-3(5)2-6;/h1,6H,2H2;1H. The fourth-order valence-electron chi connectivity index (χ4n) is 0.0345. The van der Waals surface area contributed by atoms with Crippen LogP contribution in [0.2, 0.25) is 0 Å². The quantitative estimate of drug-likeness (QED) is 0.585. The zero-order chi connectivity index (χ0) is 4.99. The molecule has 7 heavy (non-hydrogen) atoms. The molecule has 1 nitrogen and oxygen atoms in total. The topological polar surface area (TPSA) is 20.2 Å². The van der Waals surface area contributed by atoms with E-state index in [1.54, 1.807) is 0 Å². The van der Waals surface area contributed by atoms with Gasteiger partial charge in [0.2, 0.25) is 0 Å². The average molecular weight is 140 g/mol. The summed E-state index contributed by atoms with van der Waals surface area (Å²) < 4.78 is 0. The van der Waals surface area contributed by atoms with Crippen molar-refractivity contribution in [3.8, 4) is 0 Å². The molecule has 3 heteroatoms. The van der Waals surface area contributed by atoms with Crippen LogP contribution in [-0.4, -0.2) is 11.7 Å². The second kappa shape index (κ2) is 6.28. The van der Waals surface area contributed by atoms with Gasteiger partial charge in [0.15, 0.2) is 0 Å². The highest BCUT2D eigenvalue weighted by Crippen LogP contribution is 1.98. The van der Waals surface area contributed by atoms with Crippen LogP contribution in [0.5, 0.6) is 0 Å². The van der Waals surface area contributed by atoms with Crippen molar-refractivity contribution in [3.63, 3.8) is 0 Å². The Balaban J connectivity index is 0. The molecule has 0 amide bonds. The Morgan fingerprint density at radius 1 is 1.71 bits per heavy atom. The van der Waals surface area contributed by atoms with Crippen molar-refractivity contribution in [2.75, 3.05) is 6.61 Å². The molecule has 0 saturated heterocycles. The lowest BCUT2D eigenvalue weighted by molar-refractivity contribution is 0.339. The Morgan fingerprint density at radius 2 is 2.14 bits per heavy atom. The fourth-order valence-corrected chi connectivity index (χ4v) is 0.104. The Kier molecular flexibility index (Phi) is 9.24. The molecular formula is C4H5Cl2O. The number of aliphatic hydroxyl groups excluding tert-OH is 1. The number of hydrogen-bond donors (Lipinski definition) is 1. The normalized spacial score (nSPS) is 10.4. The monoisotopic (exact) mass is 139 g/mol. The molecule has 0 rings (SSSR count). The lowest BCUT2D eigenvalue weighted by Crippen LogP contribution is -1.75. The zero-order valence-electron chi connectivity index (χ0n) is 3.56. The molecule has 0 aromatic rings. The molecule has 0 unspecified atom stereocenters. The van der Waals surface area contributed by atoms with Gasteiger partial charge in [0.1, 0.15) is 0 Å². The minimum atomic E-state index is -0.176. The summed E-state index contributed by atoms with van der Waals surface area (Å²) in [4.78, 5) is 0. The van der Waals surface area contributed by atoms with Crippen LogP contribution in [0.4, 0.5) is 0 Å². The van der Waals surface area contributed by atoms with Gasteiger partial charge < -0.3 is 5.11 Å². The number of aliphatic hydroxyl groups is 1. The van der Waals surface area contributed by atoms with Crippen molar-refractivity contribution in [2.45, 2.75) is 0 Å². The zero-order valence-corrected chi connectivity index (χ0v) is 5.08. The van der Waals surface area contributed by atoms with E-state index in [0.717, 1.165) is 5.54 Å². The first kappa shape index (κ1) is 10.3. The third-order valence-electron chi connectivity index (χ3n) is 0.269. The second-order valence-corrected chi connectivity index (χ2v) is 1.42. The van der Waals surface area contributed by atoms with Gasteiger partial charge in [-0.3, -0.25) is 0 Å². The molecule has 3 radical (unpaired) electrons. The largest absolute Gasteiger partial charge is 0.391 e. The Morgan fingerprint density at radius 3 is 2.14 bits per heavy atom. The van der Waals surface area contributed by atoms with E-state index in [4.69, 9.17) is 28.3 Å². The maximum absolute atomic E-state index is 8.05. The molecule has 41 valence electrons. The van der Waals surface area contributed by atoms with Crippen LogP contribution in [0.15, 0.2) is 10.6 Å². The van der Waals surface area contributed by atoms with Gasteiger partial charge in [-0.1, -0.05) is 23.2 Å². The van der Waals surface area contributed by atoms with E-state index >= 15 is 0 Å². The summed E-state index contributed by atoms with van der Waals surface area (Å²) in [5.41, 5.74) is 1.13. The van der Waals surface area contributed by atoms with Gasteiger partial charge in [-0.15, -0.1) is 0 Å². The molecule has 0 saturated carbocycles. The first-order valence-electron chi connectivity index (χ1n) is 1.37. The highest BCUT2D eigenvalue weighted by molar-refractivity contribution is 6.36. The highest BCUT2D eigenvalue weighted by atomic mass is 35.5. The van der Waals surface area contributed by atoms with E-state index in [2.05, 4.69) is 0 Å². The summed E-state index contributed by atoms with van der Waals surface area (Å²) in [6.45, 7) is -0.176. The summed E-state index contributed by atoms with van der Waals surface area (Å²) in [5, 5.41) is 8.31. The van der Waals surface area contributed by atoms with E-state index in [9.17, 15) is 0 Å². The van der Waals surface area contributed by atoms with Gasteiger partial charge in [0, 0.05) is 5.54 Å². The molecule has 0 atom stereocenters. The SMILES string of the molecule is OCC(Cl)=CCl.[CH]. The molecular weight excluding hydrogens is 135 g/mol. The fraction of sp³-hybridized carbons (Fsp3) is 0.250. The summed E-state index contributed by atoms with van der Waals surface area (Å²) in [6, 6.07) is 0. The number of rotatable bonds is 1. The van der Waals surface area contributed by atoms with Gasteiger partial charge >= 0.3 is 0 Å². The second-order valence-electron chi connectivity index (χ2n) is 0.714. The number of halogens is 2. The average Bonchev–Trinajstić information content (AvgIpc) is 1.65. The summed E-state index contributed by atoms with van der Waals surface area (Å²) in [7, 11) is 0. The van der Waals surface area contributed by atoms with Gasteiger partial charge in [-0.05, 0) is 7.43 Å². The minimum Gasteiger partial charge on any atom is -0.391 e. The first-order chi connectivity index (χ1) is 2.81. The number of hydrogen-bond acceptors (Lipinski definition) is 1. The molecule has 0 aliphatic heterocycles. The van der Waals surface area contributed by atoms with Crippen LogP contribution in [-0.2, 0) is 0 Å². The van der Waals surface area contributed by atoms with Gasteiger partial charge in [0.05, 0.1) is 11.6 Å². The molecule has 0 aromatic heterocycles. The van der Waals surface area contributed by atoms with Crippen LogP contribution in [0.1, 0.15) is 0 Å². The van der Waals surface area contributed by atoms with Crippen molar-refractivity contribution in [2.24, 2.45) is 0 Å². The van der Waals surface area contributed by atoms with Crippen LogP contribution < -0.4 is 0 Å². The van der Waals surface area contributed by atoms with Crippen LogP contribution in [0, 0.1) is 7.43 Å². The highest BCUT2D eigenvalue weighted by Gasteiger charge is 1.79. The Hall–Kier alpha value is 0.280. The Bertz CT molecular complexity index is 60.7. The van der Waals surface area contributed by atoms with Crippen LogP contribution >= 0.6 is 23.2 Å². The van der Waals surface area contributed by atoms with Crippen LogP contribution in [0.25, 0.3) is 0 Å². The molecule has 0 spiro atoms.